The quantitative estimate of drug-likeness (QED) is 0.700. The Labute approximate surface area is 154 Å². The first kappa shape index (κ1) is 21.9. The lowest BCUT2D eigenvalue weighted by Gasteiger charge is -2.38. The number of carbonyl (C=O) groups excluding carboxylic acids is 1. The van der Waals surface area contributed by atoms with Crippen LogP contribution in [0.5, 0.6) is 0 Å². The van der Waals surface area contributed by atoms with Crippen molar-refractivity contribution in [2.45, 2.75) is 64.9 Å². The number of nitriles is 1. The third-order valence-corrected chi connectivity index (χ3v) is 4.20. The highest BCUT2D eigenvalue weighted by molar-refractivity contribution is 5.68. The van der Waals surface area contributed by atoms with Crippen LogP contribution in [-0.4, -0.2) is 29.7 Å². The zero-order valence-electron chi connectivity index (χ0n) is 16.2. The van der Waals surface area contributed by atoms with Gasteiger partial charge >= 0.3 is 6.09 Å². The minimum absolute atomic E-state index is 0.0574. The average Bonchev–Trinajstić information content (AvgIpc) is 2.62. The van der Waals surface area contributed by atoms with E-state index in [1.807, 2.05) is 13.8 Å². The van der Waals surface area contributed by atoms with Crippen molar-refractivity contribution in [2.75, 3.05) is 13.1 Å². The molecule has 0 bridgehead atoms. The molecule has 0 spiro atoms. The smallest absolute Gasteiger partial charge is 0.410 e. The van der Waals surface area contributed by atoms with E-state index in [0.717, 1.165) is 5.56 Å². The molecule has 0 unspecified atom stereocenters. The van der Waals surface area contributed by atoms with Crippen LogP contribution in [0.25, 0.3) is 0 Å². The molecule has 144 valence electrons. The highest BCUT2D eigenvalue weighted by Crippen LogP contribution is 2.36. The Morgan fingerprint density at radius 3 is 2.08 bits per heavy atom. The topological polar surface area (TPSA) is 53.3 Å². The largest absolute Gasteiger partial charge is 0.444 e. The zero-order valence-corrected chi connectivity index (χ0v) is 16.2. The van der Waals surface area contributed by atoms with Crippen LogP contribution in [-0.2, 0) is 10.2 Å². The van der Waals surface area contributed by atoms with E-state index in [9.17, 15) is 18.8 Å². The van der Waals surface area contributed by atoms with Gasteiger partial charge in [-0.15, -0.1) is 0 Å². The van der Waals surface area contributed by atoms with Crippen LogP contribution in [0.1, 0.15) is 65.0 Å². The van der Waals surface area contributed by atoms with E-state index in [-0.39, 0.29) is 11.7 Å². The Bertz CT molecular complexity index is 623. The number of likely N-dealkylation sites (tertiary alicyclic amines) is 1. The highest BCUT2D eigenvalue weighted by Gasteiger charge is 2.38. The molecule has 0 radical (unpaired) electrons. The molecule has 26 heavy (non-hydrogen) atoms. The summed E-state index contributed by atoms with van der Waals surface area (Å²) in [6.07, 6.45) is -2.00. The SMILES string of the molecule is CC.CC(C)(C)OC(=O)N1CCC(C#N)(c2ccc(C(F)F)cc2)CC1. The first-order chi connectivity index (χ1) is 12.2. The maximum absolute atomic E-state index is 12.7. The number of amides is 1. The molecule has 1 aliphatic rings. The number of rotatable bonds is 2. The Morgan fingerprint density at radius 2 is 1.69 bits per heavy atom. The second-order valence-corrected chi connectivity index (χ2v) is 7.08. The monoisotopic (exact) mass is 366 g/mol. The molecule has 1 fully saturated rings. The molecule has 6 heteroatoms. The second kappa shape index (κ2) is 8.98. The van der Waals surface area contributed by atoms with E-state index >= 15 is 0 Å². The summed E-state index contributed by atoms with van der Waals surface area (Å²) < 4.78 is 30.7. The van der Waals surface area contributed by atoms with Crippen molar-refractivity contribution in [3.05, 3.63) is 35.4 Å². The maximum Gasteiger partial charge on any atom is 0.410 e. The number of alkyl halides is 2. The van der Waals surface area contributed by atoms with E-state index < -0.39 is 17.4 Å². The van der Waals surface area contributed by atoms with Crippen LogP contribution in [0, 0.1) is 11.3 Å². The van der Waals surface area contributed by atoms with Crippen molar-refractivity contribution in [3.63, 3.8) is 0 Å². The molecule has 0 N–H and O–H groups in total. The van der Waals surface area contributed by atoms with Crippen LogP contribution in [0.2, 0.25) is 0 Å². The van der Waals surface area contributed by atoms with Gasteiger partial charge in [0.1, 0.15) is 5.60 Å². The molecule has 1 aliphatic heterocycles. The maximum atomic E-state index is 12.7. The number of benzene rings is 1. The number of nitrogens with zero attached hydrogens (tertiary/aromatic N) is 2. The summed E-state index contributed by atoms with van der Waals surface area (Å²) >= 11 is 0. The standard InChI is InChI=1S/C18H22F2N2O2.C2H6/c1-17(2,3)24-16(23)22-10-8-18(12-21,9-11-22)14-6-4-13(5-7-14)15(19)20;1-2/h4-7,15H,8-11H2,1-3H3;1-2H3. The fourth-order valence-electron chi connectivity index (χ4n) is 2.81. The minimum Gasteiger partial charge on any atom is -0.444 e. The Morgan fingerprint density at radius 1 is 1.19 bits per heavy atom. The first-order valence-electron chi connectivity index (χ1n) is 8.95. The fourth-order valence-corrected chi connectivity index (χ4v) is 2.81. The van der Waals surface area contributed by atoms with Gasteiger partial charge in [-0.25, -0.2) is 13.6 Å². The molecule has 0 saturated carbocycles. The molecule has 0 aliphatic carbocycles. The van der Waals surface area contributed by atoms with Gasteiger partial charge in [-0.3, -0.25) is 0 Å². The zero-order chi connectivity index (χ0) is 20.0. The lowest BCUT2D eigenvalue weighted by Crippen LogP contribution is -2.46. The molecule has 1 saturated heterocycles. The van der Waals surface area contributed by atoms with E-state index in [4.69, 9.17) is 4.74 Å². The van der Waals surface area contributed by atoms with E-state index in [1.165, 1.54) is 12.1 Å². The van der Waals surface area contributed by atoms with Crippen molar-refractivity contribution in [2.24, 2.45) is 0 Å². The summed E-state index contributed by atoms with van der Waals surface area (Å²) in [5, 5.41) is 9.65. The van der Waals surface area contributed by atoms with Gasteiger partial charge in [0.05, 0.1) is 11.5 Å². The van der Waals surface area contributed by atoms with Crippen LogP contribution in [0.15, 0.2) is 24.3 Å². The number of hydrogen-bond donors (Lipinski definition) is 0. The summed E-state index contributed by atoms with van der Waals surface area (Å²) in [7, 11) is 0. The predicted octanol–water partition coefficient (Wildman–Crippen LogP) is 5.44. The highest BCUT2D eigenvalue weighted by atomic mass is 19.3. The average molecular weight is 366 g/mol. The Hall–Kier alpha value is -2.16. The van der Waals surface area contributed by atoms with Gasteiger partial charge in [0.2, 0.25) is 0 Å². The van der Waals surface area contributed by atoms with E-state index in [1.54, 1.807) is 37.8 Å². The summed E-state index contributed by atoms with van der Waals surface area (Å²) in [5.74, 6) is 0. The van der Waals surface area contributed by atoms with Crippen molar-refractivity contribution in [1.29, 1.82) is 5.26 Å². The summed E-state index contributed by atoms with van der Waals surface area (Å²) in [6, 6.07) is 8.23. The van der Waals surface area contributed by atoms with Gasteiger partial charge in [-0.05, 0) is 39.2 Å². The number of halogens is 2. The molecule has 1 aromatic carbocycles. The van der Waals surface area contributed by atoms with Crippen LogP contribution >= 0.6 is 0 Å². The second-order valence-electron chi connectivity index (χ2n) is 7.08. The number of piperidine rings is 1. The van der Waals surface area contributed by atoms with Crippen LogP contribution < -0.4 is 0 Å². The third-order valence-electron chi connectivity index (χ3n) is 4.20. The fraction of sp³-hybridized carbons (Fsp3) is 0.600. The molecule has 1 aromatic rings. The van der Waals surface area contributed by atoms with Gasteiger partial charge in [0, 0.05) is 18.7 Å². The Balaban J connectivity index is 0.00000163. The van der Waals surface area contributed by atoms with Gasteiger partial charge in [0.15, 0.2) is 0 Å². The summed E-state index contributed by atoms with van der Waals surface area (Å²) in [4.78, 5) is 13.7. The minimum atomic E-state index is -2.52. The lowest BCUT2D eigenvalue weighted by atomic mass is 9.74. The van der Waals surface area contributed by atoms with Crippen molar-refractivity contribution in [1.82, 2.24) is 4.90 Å². The van der Waals surface area contributed by atoms with Crippen LogP contribution in [0.4, 0.5) is 13.6 Å². The van der Waals surface area contributed by atoms with E-state index in [0.29, 0.717) is 25.9 Å². The normalized spacial score (nSPS) is 16.3. The molecule has 4 nitrogen and oxygen atoms in total. The number of ether oxygens (including phenoxy) is 1. The van der Waals surface area contributed by atoms with Crippen molar-refractivity contribution < 1.29 is 18.3 Å². The van der Waals surface area contributed by atoms with Gasteiger partial charge in [0.25, 0.3) is 6.43 Å². The van der Waals surface area contributed by atoms with E-state index in [2.05, 4.69) is 6.07 Å². The van der Waals surface area contributed by atoms with Gasteiger partial charge in [-0.1, -0.05) is 38.1 Å². The van der Waals surface area contributed by atoms with Crippen molar-refractivity contribution >= 4 is 6.09 Å². The lowest BCUT2D eigenvalue weighted by molar-refractivity contribution is 0.0185. The molecular formula is C20H28F2N2O2. The molecule has 2 rings (SSSR count). The number of carbonyl (C=O) groups is 1. The Kier molecular flexibility index (Phi) is 7.55. The van der Waals surface area contributed by atoms with Crippen molar-refractivity contribution in [3.8, 4) is 6.07 Å². The summed E-state index contributed by atoms with van der Waals surface area (Å²) in [6.45, 7) is 10.2. The molecule has 1 amide bonds. The number of hydrogen-bond acceptors (Lipinski definition) is 3. The molecule has 0 atom stereocenters. The summed E-state index contributed by atoms with van der Waals surface area (Å²) in [5.41, 5.74) is -0.651. The van der Waals surface area contributed by atoms with Gasteiger partial charge in [-0.2, -0.15) is 5.26 Å². The van der Waals surface area contributed by atoms with Crippen LogP contribution in [0.3, 0.4) is 0 Å². The third kappa shape index (κ3) is 5.42. The molecule has 1 heterocycles. The predicted molar refractivity (Wildman–Crippen MR) is 97.1 cm³/mol. The molecule has 0 aromatic heterocycles. The first-order valence-corrected chi connectivity index (χ1v) is 8.95. The molecular weight excluding hydrogens is 338 g/mol. The van der Waals surface area contributed by atoms with Gasteiger partial charge < -0.3 is 9.64 Å².